The molecule has 150 valence electrons. The van der Waals surface area contributed by atoms with Crippen LogP contribution in [0.25, 0.3) is 0 Å². The van der Waals surface area contributed by atoms with Gasteiger partial charge in [0.2, 0.25) is 0 Å². The molecule has 0 spiro atoms. The van der Waals surface area contributed by atoms with Crippen LogP contribution < -0.4 is 10.1 Å². The molecule has 1 unspecified atom stereocenters. The van der Waals surface area contributed by atoms with Crippen molar-refractivity contribution in [3.63, 3.8) is 0 Å². The first kappa shape index (κ1) is 19.6. The highest BCUT2D eigenvalue weighted by Crippen LogP contribution is 2.33. The fourth-order valence-corrected chi connectivity index (χ4v) is 4.14. The zero-order chi connectivity index (χ0) is 20.4. The summed E-state index contributed by atoms with van der Waals surface area (Å²) in [6, 6.07) is 15.8. The van der Waals surface area contributed by atoms with Crippen LogP contribution in [-0.4, -0.2) is 21.9 Å². The molecule has 1 aliphatic carbocycles. The van der Waals surface area contributed by atoms with E-state index in [4.69, 9.17) is 4.74 Å². The number of aryl methyl sites for hydroxylation is 1. The molecule has 1 heterocycles. The molecule has 3 aromatic rings. The Kier molecular flexibility index (Phi) is 5.62. The van der Waals surface area contributed by atoms with Crippen LogP contribution in [0.5, 0.6) is 11.5 Å². The van der Waals surface area contributed by atoms with Gasteiger partial charge >= 0.3 is 0 Å². The first-order valence-corrected chi connectivity index (χ1v) is 11.0. The smallest absolute Gasteiger partial charge is 0.270 e. The van der Waals surface area contributed by atoms with Crippen molar-refractivity contribution < 1.29 is 9.53 Å². The largest absolute Gasteiger partial charge is 0.457 e. The first-order valence-electron chi connectivity index (χ1n) is 9.80. The lowest BCUT2D eigenvalue weighted by atomic mass is 10.1. The summed E-state index contributed by atoms with van der Waals surface area (Å²) in [5, 5.41) is 7.57. The summed E-state index contributed by atoms with van der Waals surface area (Å²) < 4.78 is 7.60. The van der Waals surface area contributed by atoms with E-state index in [1.165, 1.54) is 4.90 Å². The Balaban J connectivity index is 1.37. The molecule has 0 fully saturated rings. The minimum Gasteiger partial charge on any atom is -0.457 e. The third-order valence-electron chi connectivity index (χ3n) is 5.36. The van der Waals surface area contributed by atoms with Crippen molar-refractivity contribution in [2.75, 3.05) is 6.26 Å². The zero-order valence-electron chi connectivity index (χ0n) is 16.9. The molecule has 0 radical (unpaired) electrons. The molecule has 1 amide bonds. The summed E-state index contributed by atoms with van der Waals surface area (Å²) in [7, 11) is 1.85. The van der Waals surface area contributed by atoms with Gasteiger partial charge in [-0.2, -0.15) is 5.10 Å². The quantitative estimate of drug-likeness (QED) is 0.590. The van der Waals surface area contributed by atoms with E-state index in [1.807, 2.05) is 55.6 Å². The predicted molar refractivity (Wildman–Crippen MR) is 116 cm³/mol. The molecule has 4 rings (SSSR count). The molecule has 1 aliphatic rings. The second-order valence-electron chi connectivity index (χ2n) is 7.38. The Labute approximate surface area is 175 Å². The van der Waals surface area contributed by atoms with Crippen LogP contribution in [0.4, 0.5) is 0 Å². The fraction of sp³-hybridized carbons (Fsp3) is 0.304. The fourth-order valence-electron chi connectivity index (χ4n) is 3.73. The molecule has 0 saturated carbocycles. The number of nitrogens with zero attached hydrogens (tertiary/aromatic N) is 2. The minimum atomic E-state index is -0.0652. The van der Waals surface area contributed by atoms with Crippen LogP contribution in [0.1, 0.15) is 46.6 Å². The molecule has 2 aromatic carbocycles. The number of ether oxygens (including phenoxy) is 1. The van der Waals surface area contributed by atoms with Gasteiger partial charge in [0.15, 0.2) is 0 Å². The minimum absolute atomic E-state index is 0.0652. The Morgan fingerprint density at radius 1 is 1.17 bits per heavy atom. The number of hydrogen-bond donors (Lipinski definition) is 1. The second-order valence-corrected chi connectivity index (χ2v) is 8.26. The molecular weight excluding hydrogens is 382 g/mol. The van der Waals surface area contributed by atoms with Gasteiger partial charge in [-0.15, -0.1) is 11.8 Å². The van der Waals surface area contributed by atoms with Crippen LogP contribution in [0.15, 0.2) is 53.4 Å². The number of benzene rings is 2. The number of rotatable bonds is 6. The Hall–Kier alpha value is -2.73. The van der Waals surface area contributed by atoms with Crippen LogP contribution >= 0.6 is 11.8 Å². The highest BCUT2D eigenvalue weighted by atomic mass is 32.2. The molecule has 29 heavy (non-hydrogen) atoms. The molecule has 6 heteroatoms. The molecule has 0 bridgehead atoms. The SMILES string of the molecule is CSc1ccc(Oc2ccc(CNC(=O)c3c4c(nn3C)C(C)CC4)cc2)cc1. The van der Waals surface area contributed by atoms with Gasteiger partial charge in [0.05, 0.1) is 5.69 Å². The van der Waals surface area contributed by atoms with Gasteiger partial charge in [-0.25, -0.2) is 0 Å². The highest BCUT2D eigenvalue weighted by molar-refractivity contribution is 7.98. The number of amides is 1. The van der Waals surface area contributed by atoms with E-state index >= 15 is 0 Å². The average molecular weight is 408 g/mol. The van der Waals surface area contributed by atoms with Crippen molar-refractivity contribution in [3.8, 4) is 11.5 Å². The third kappa shape index (κ3) is 4.17. The number of aromatic nitrogens is 2. The van der Waals surface area contributed by atoms with E-state index in [0.29, 0.717) is 18.2 Å². The molecule has 5 nitrogen and oxygen atoms in total. The summed E-state index contributed by atoms with van der Waals surface area (Å²) >= 11 is 1.70. The molecule has 0 saturated heterocycles. The maximum absolute atomic E-state index is 12.7. The van der Waals surface area contributed by atoms with E-state index in [0.717, 1.165) is 41.2 Å². The van der Waals surface area contributed by atoms with Crippen molar-refractivity contribution in [1.82, 2.24) is 15.1 Å². The van der Waals surface area contributed by atoms with Crippen LogP contribution in [0.2, 0.25) is 0 Å². The van der Waals surface area contributed by atoms with Crippen molar-refractivity contribution in [3.05, 3.63) is 71.0 Å². The van der Waals surface area contributed by atoms with Crippen LogP contribution in [-0.2, 0) is 20.0 Å². The van der Waals surface area contributed by atoms with E-state index in [9.17, 15) is 4.79 Å². The highest BCUT2D eigenvalue weighted by Gasteiger charge is 2.29. The Morgan fingerprint density at radius 3 is 2.48 bits per heavy atom. The Bertz CT molecular complexity index is 1010. The molecular formula is C23H25N3O2S. The predicted octanol–water partition coefficient (Wildman–Crippen LogP) is 4.91. The van der Waals surface area contributed by atoms with Gasteiger partial charge in [0.25, 0.3) is 5.91 Å². The molecule has 1 atom stereocenters. The second kappa shape index (κ2) is 8.33. The number of carbonyl (C=O) groups is 1. The topological polar surface area (TPSA) is 56.1 Å². The normalized spacial score (nSPS) is 15.2. The molecule has 1 N–H and O–H groups in total. The lowest BCUT2D eigenvalue weighted by Crippen LogP contribution is -2.26. The first-order chi connectivity index (χ1) is 14.0. The van der Waals surface area contributed by atoms with Gasteiger partial charge in [-0.3, -0.25) is 9.48 Å². The monoisotopic (exact) mass is 407 g/mol. The maximum Gasteiger partial charge on any atom is 0.270 e. The third-order valence-corrected chi connectivity index (χ3v) is 6.10. The number of nitrogens with one attached hydrogen (secondary N) is 1. The number of hydrogen-bond acceptors (Lipinski definition) is 4. The summed E-state index contributed by atoms with van der Waals surface area (Å²) in [5.41, 5.74) is 3.90. The summed E-state index contributed by atoms with van der Waals surface area (Å²) in [4.78, 5) is 13.9. The van der Waals surface area contributed by atoms with Crippen molar-refractivity contribution >= 4 is 17.7 Å². The average Bonchev–Trinajstić information content (AvgIpc) is 3.25. The standard InChI is InChI=1S/C23H25N3O2S/c1-15-4-13-20-21(15)25-26(2)22(20)23(27)24-14-16-5-7-17(8-6-16)28-18-9-11-19(29-3)12-10-18/h5-12,15H,4,13-14H2,1-3H3,(H,24,27). The van der Waals surface area contributed by atoms with Gasteiger partial charge in [-0.1, -0.05) is 19.1 Å². The number of carbonyl (C=O) groups excluding carboxylic acids is 1. The van der Waals surface area contributed by atoms with E-state index in [-0.39, 0.29) is 5.91 Å². The summed E-state index contributed by atoms with van der Waals surface area (Å²) in [5.74, 6) is 1.95. The number of fused-ring (bicyclic) bond motifs is 1. The van der Waals surface area contributed by atoms with Gasteiger partial charge in [0, 0.05) is 30.0 Å². The van der Waals surface area contributed by atoms with E-state index in [2.05, 4.69) is 23.6 Å². The van der Waals surface area contributed by atoms with Gasteiger partial charge in [-0.05, 0) is 61.1 Å². The molecule has 0 aliphatic heterocycles. The van der Waals surface area contributed by atoms with Crippen LogP contribution in [0.3, 0.4) is 0 Å². The van der Waals surface area contributed by atoms with Crippen molar-refractivity contribution in [2.45, 2.75) is 37.1 Å². The van der Waals surface area contributed by atoms with E-state index < -0.39 is 0 Å². The van der Waals surface area contributed by atoms with Gasteiger partial charge < -0.3 is 10.1 Å². The zero-order valence-corrected chi connectivity index (χ0v) is 17.8. The van der Waals surface area contributed by atoms with Crippen molar-refractivity contribution in [2.24, 2.45) is 7.05 Å². The summed E-state index contributed by atoms with van der Waals surface area (Å²) in [6.45, 7) is 2.64. The Morgan fingerprint density at radius 2 is 1.83 bits per heavy atom. The van der Waals surface area contributed by atoms with E-state index in [1.54, 1.807) is 16.4 Å². The lowest BCUT2D eigenvalue weighted by molar-refractivity contribution is 0.0940. The summed E-state index contributed by atoms with van der Waals surface area (Å²) in [6.07, 6.45) is 4.05. The van der Waals surface area contributed by atoms with Crippen molar-refractivity contribution in [1.29, 1.82) is 0 Å². The lowest BCUT2D eigenvalue weighted by Gasteiger charge is -2.09. The maximum atomic E-state index is 12.7. The molecule has 1 aromatic heterocycles. The number of thioether (sulfide) groups is 1. The van der Waals surface area contributed by atoms with Gasteiger partial charge in [0.1, 0.15) is 17.2 Å². The van der Waals surface area contributed by atoms with Crippen LogP contribution in [0, 0.1) is 0 Å².